The van der Waals surface area contributed by atoms with Gasteiger partial charge in [0.25, 0.3) is 0 Å². The average Bonchev–Trinajstić information content (AvgIpc) is 2.24. The monoisotopic (exact) mass is 233 g/mol. The van der Waals surface area contributed by atoms with Crippen LogP contribution in [0.5, 0.6) is 0 Å². The standard InChI is InChI=1S/C12H27NOS/c1-4-6-13(7-5-2)8-9-15-11-12(3)10-14/h12,14H,4-11H2,1-3H3/t12-/m0/s1. The summed E-state index contributed by atoms with van der Waals surface area (Å²) in [5.41, 5.74) is 0. The number of nitrogens with zero attached hydrogens (tertiary/aromatic N) is 1. The summed E-state index contributed by atoms with van der Waals surface area (Å²) in [5.74, 6) is 2.73. The number of hydrogen-bond donors (Lipinski definition) is 1. The number of aliphatic hydroxyl groups is 1. The van der Waals surface area contributed by atoms with Crippen molar-refractivity contribution in [3.63, 3.8) is 0 Å². The second-order valence-electron chi connectivity index (χ2n) is 4.20. The van der Waals surface area contributed by atoms with Crippen molar-refractivity contribution < 1.29 is 5.11 Å². The van der Waals surface area contributed by atoms with E-state index in [1.807, 2.05) is 11.8 Å². The van der Waals surface area contributed by atoms with E-state index in [9.17, 15) is 0 Å². The summed E-state index contributed by atoms with van der Waals surface area (Å²) in [6.45, 7) is 10.6. The minimum absolute atomic E-state index is 0.320. The zero-order valence-corrected chi connectivity index (χ0v) is 11.4. The fraction of sp³-hybridized carbons (Fsp3) is 1.00. The minimum Gasteiger partial charge on any atom is -0.396 e. The lowest BCUT2D eigenvalue weighted by Crippen LogP contribution is -2.28. The highest BCUT2D eigenvalue weighted by atomic mass is 32.2. The molecule has 0 radical (unpaired) electrons. The van der Waals surface area contributed by atoms with Gasteiger partial charge in [-0.25, -0.2) is 0 Å². The quantitative estimate of drug-likeness (QED) is 0.586. The van der Waals surface area contributed by atoms with E-state index in [1.54, 1.807) is 0 Å². The predicted octanol–water partition coefficient (Wildman–Crippen LogP) is 2.47. The molecule has 0 fully saturated rings. The smallest absolute Gasteiger partial charge is 0.0464 e. The maximum absolute atomic E-state index is 8.89. The van der Waals surface area contributed by atoms with Gasteiger partial charge in [0.05, 0.1) is 0 Å². The van der Waals surface area contributed by atoms with Crippen molar-refractivity contribution >= 4 is 11.8 Å². The molecule has 0 heterocycles. The first-order valence-corrected chi connectivity index (χ1v) is 7.31. The molecule has 0 unspecified atom stereocenters. The summed E-state index contributed by atoms with van der Waals surface area (Å²) >= 11 is 1.96. The maximum atomic E-state index is 8.89. The zero-order chi connectivity index (χ0) is 11.5. The number of rotatable bonds is 10. The van der Waals surface area contributed by atoms with E-state index in [2.05, 4.69) is 25.7 Å². The molecule has 0 amide bonds. The summed E-state index contributed by atoms with van der Waals surface area (Å²) in [7, 11) is 0. The largest absolute Gasteiger partial charge is 0.396 e. The van der Waals surface area contributed by atoms with E-state index in [0.29, 0.717) is 12.5 Å². The van der Waals surface area contributed by atoms with Crippen LogP contribution in [0.25, 0.3) is 0 Å². The zero-order valence-electron chi connectivity index (χ0n) is 10.5. The molecule has 0 aliphatic carbocycles. The fourth-order valence-electron chi connectivity index (χ4n) is 1.50. The second kappa shape index (κ2) is 10.8. The van der Waals surface area contributed by atoms with Gasteiger partial charge in [-0.3, -0.25) is 0 Å². The first kappa shape index (κ1) is 15.3. The van der Waals surface area contributed by atoms with Gasteiger partial charge in [0.2, 0.25) is 0 Å². The molecule has 3 heteroatoms. The molecule has 0 aromatic carbocycles. The van der Waals surface area contributed by atoms with Crippen LogP contribution in [0.15, 0.2) is 0 Å². The van der Waals surface area contributed by atoms with Crippen LogP contribution in [0.1, 0.15) is 33.6 Å². The second-order valence-corrected chi connectivity index (χ2v) is 5.35. The average molecular weight is 233 g/mol. The number of aliphatic hydroxyl groups excluding tert-OH is 1. The Morgan fingerprint density at radius 2 is 1.73 bits per heavy atom. The summed E-state index contributed by atoms with van der Waals surface area (Å²) in [6, 6.07) is 0. The fourth-order valence-corrected chi connectivity index (χ4v) is 2.56. The van der Waals surface area contributed by atoms with E-state index in [-0.39, 0.29) is 0 Å². The van der Waals surface area contributed by atoms with Gasteiger partial charge in [-0.15, -0.1) is 0 Å². The van der Waals surface area contributed by atoms with Gasteiger partial charge >= 0.3 is 0 Å². The van der Waals surface area contributed by atoms with Gasteiger partial charge in [-0.2, -0.15) is 11.8 Å². The Bertz CT molecular complexity index is 127. The molecule has 0 rings (SSSR count). The first-order valence-electron chi connectivity index (χ1n) is 6.15. The Morgan fingerprint density at radius 3 is 2.20 bits per heavy atom. The Morgan fingerprint density at radius 1 is 1.13 bits per heavy atom. The van der Waals surface area contributed by atoms with Crippen LogP contribution in [0.2, 0.25) is 0 Å². The lowest BCUT2D eigenvalue weighted by Gasteiger charge is -2.20. The highest BCUT2D eigenvalue weighted by Gasteiger charge is 2.03. The third kappa shape index (κ3) is 9.21. The molecular formula is C12H27NOS. The highest BCUT2D eigenvalue weighted by molar-refractivity contribution is 7.99. The third-order valence-electron chi connectivity index (χ3n) is 2.35. The number of thioether (sulfide) groups is 1. The van der Waals surface area contributed by atoms with Crippen molar-refractivity contribution in [3.05, 3.63) is 0 Å². The van der Waals surface area contributed by atoms with E-state index in [1.165, 1.54) is 38.2 Å². The molecule has 0 saturated carbocycles. The van der Waals surface area contributed by atoms with Crippen LogP contribution < -0.4 is 0 Å². The molecule has 0 bridgehead atoms. The van der Waals surface area contributed by atoms with E-state index < -0.39 is 0 Å². The molecular weight excluding hydrogens is 206 g/mol. The maximum Gasteiger partial charge on any atom is 0.0464 e. The molecule has 15 heavy (non-hydrogen) atoms. The normalized spacial score (nSPS) is 13.4. The van der Waals surface area contributed by atoms with Crippen LogP contribution >= 0.6 is 11.8 Å². The summed E-state index contributed by atoms with van der Waals surface area (Å²) in [6.07, 6.45) is 2.50. The van der Waals surface area contributed by atoms with Crippen LogP contribution in [-0.2, 0) is 0 Å². The molecule has 0 saturated heterocycles. The van der Waals surface area contributed by atoms with E-state index in [4.69, 9.17) is 5.11 Å². The third-order valence-corrected chi connectivity index (χ3v) is 3.62. The van der Waals surface area contributed by atoms with Crippen molar-refractivity contribution in [1.29, 1.82) is 0 Å². The van der Waals surface area contributed by atoms with E-state index >= 15 is 0 Å². The Labute approximate surface area is 99.4 Å². The predicted molar refractivity (Wildman–Crippen MR) is 70.6 cm³/mol. The summed E-state index contributed by atoms with van der Waals surface area (Å²) in [4.78, 5) is 2.54. The van der Waals surface area contributed by atoms with Crippen LogP contribution in [0.3, 0.4) is 0 Å². The topological polar surface area (TPSA) is 23.5 Å². The Balaban J connectivity index is 3.43. The van der Waals surface area contributed by atoms with Crippen molar-refractivity contribution in [1.82, 2.24) is 4.90 Å². The lowest BCUT2D eigenvalue weighted by molar-refractivity contribution is 0.250. The van der Waals surface area contributed by atoms with Crippen LogP contribution in [0.4, 0.5) is 0 Å². The molecule has 92 valence electrons. The highest BCUT2D eigenvalue weighted by Crippen LogP contribution is 2.08. The van der Waals surface area contributed by atoms with Gasteiger partial charge in [-0.1, -0.05) is 20.8 Å². The molecule has 0 aromatic rings. The van der Waals surface area contributed by atoms with Gasteiger partial charge in [-0.05, 0) is 37.6 Å². The molecule has 0 spiro atoms. The van der Waals surface area contributed by atoms with Gasteiger partial charge in [0.1, 0.15) is 0 Å². The molecule has 0 aliphatic heterocycles. The Hall–Kier alpha value is 0.270. The molecule has 1 N–H and O–H groups in total. The first-order chi connectivity index (χ1) is 7.24. The minimum atomic E-state index is 0.320. The van der Waals surface area contributed by atoms with Crippen molar-refractivity contribution in [2.75, 3.05) is 37.7 Å². The van der Waals surface area contributed by atoms with Crippen molar-refractivity contribution in [2.45, 2.75) is 33.6 Å². The van der Waals surface area contributed by atoms with Gasteiger partial charge < -0.3 is 10.0 Å². The SMILES string of the molecule is CCCN(CCC)CCSC[C@@H](C)CO. The van der Waals surface area contributed by atoms with Crippen molar-refractivity contribution in [2.24, 2.45) is 5.92 Å². The van der Waals surface area contributed by atoms with Crippen molar-refractivity contribution in [3.8, 4) is 0 Å². The lowest BCUT2D eigenvalue weighted by atomic mass is 10.2. The van der Waals surface area contributed by atoms with Gasteiger partial charge in [0.15, 0.2) is 0 Å². The summed E-state index contributed by atoms with van der Waals surface area (Å²) < 4.78 is 0. The molecule has 0 aliphatic rings. The Kier molecular flexibility index (Phi) is 11.0. The summed E-state index contributed by atoms with van der Waals surface area (Å²) in [5, 5.41) is 8.89. The van der Waals surface area contributed by atoms with Crippen LogP contribution in [-0.4, -0.2) is 47.8 Å². The molecule has 1 atom stereocenters. The van der Waals surface area contributed by atoms with Crippen LogP contribution in [0, 0.1) is 5.92 Å². The van der Waals surface area contributed by atoms with Gasteiger partial charge in [0, 0.05) is 18.9 Å². The molecule has 2 nitrogen and oxygen atoms in total. The van der Waals surface area contributed by atoms with E-state index in [0.717, 1.165) is 5.75 Å². The number of hydrogen-bond acceptors (Lipinski definition) is 3. The molecule has 0 aromatic heterocycles.